The lowest BCUT2D eigenvalue weighted by atomic mass is 9.77. The molecule has 1 fully saturated rings. The minimum absolute atomic E-state index is 0.138. The zero-order valence-electron chi connectivity index (χ0n) is 12.9. The first kappa shape index (κ1) is 14.9. The van der Waals surface area contributed by atoms with Crippen molar-refractivity contribution in [3.63, 3.8) is 0 Å². The Labute approximate surface area is 121 Å². The van der Waals surface area contributed by atoms with Gasteiger partial charge in [0, 0.05) is 0 Å². The molecule has 0 aliphatic heterocycles. The van der Waals surface area contributed by atoms with Crippen LogP contribution >= 0.6 is 0 Å². The summed E-state index contributed by atoms with van der Waals surface area (Å²) >= 11 is 0. The summed E-state index contributed by atoms with van der Waals surface area (Å²) < 4.78 is 10.8. The lowest BCUT2D eigenvalue weighted by molar-refractivity contribution is -0.148. The third-order valence-corrected chi connectivity index (χ3v) is 4.01. The normalized spacial score (nSPS) is 17.2. The van der Waals surface area contributed by atoms with Crippen LogP contribution in [-0.4, -0.2) is 18.7 Å². The molecule has 1 aliphatic carbocycles. The molecule has 0 heterocycles. The van der Waals surface area contributed by atoms with E-state index in [4.69, 9.17) is 9.47 Å². The van der Waals surface area contributed by atoms with Gasteiger partial charge >= 0.3 is 5.97 Å². The van der Waals surface area contributed by atoms with Crippen LogP contribution in [0.4, 0.5) is 0 Å². The van der Waals surface area contributed by atoms with Gasteiger partial charge < -0.3 is 9.47 Å². The van der Waals surface area contributed by atoms with Crippen LogP contribution in [0, 0.1) is 0 Å². The fourth-order valence-electron chi connectivity index (χ4n) is 2.49. The Kier molecular flexibility index (Phi) is 4.07. The molecule has 0 bridgehead atoms. The number of carbonyl (C=O) groups excluding carboxylic acids is 1. The minimum atomic E-state index is -0.351. The zero-order valence-corrected chi connectivity index (χ0v) is 12.9. The summed E-state index contributed by atoms with van der Waals surface area (Å²) in [6.45, 7) is 6.56. The van der Waals surface area contributed by atoms with Crippen LogP contribution in [0.15, 0.2) is 24.3 Å². The molecule has 1 aromatic carbocycles. The summed E-state index contributed by atoms with van der Waals surface area (Å²) in [6.07, 6.45) is 3.29. The van der Waals surface area contributed by atoms with Gasteiger partial charge in [0.05, 0.1) is 13.5 Å². The summed E-state index contributed by atoms with van der Waals surface area (Å²) in [5, 5.41) is 0. The number of methoxy groups -OCH3 is 1. The van der Waals surface area contributed by atoms with Crippen molar-refractivity contribution in [2.24, 2.45) is 0 Å². The van der Waals surface area contributed by atoms with E-state index in [2.05, 4.69) is 32.9 Å². The second-order valence-corrected chi connectivity index (χ2v) is 6.67. The van der Waals surface area contributed by atoms with Gasteiger partial charge in [0.15, 0.2) is 0 Å². The molecule has 0 unspecified atom stereocenters. The van der Waals surface area contributed by atoms with E-state index in [9.17, 15) is 4.79 Å². The van der Waals surface area contributed by atoms with E-state index in [-0.39, 0.29) is 17.0 Å². The van der Waals surface area contributed by atoms with Crippen LogP contribution in [0.25, 0.3) is 0 Å². The molecule has 1 aliphatic rings. The summed E-state index contributed by atoms with van der Waals surface area (Å²) in [4.78, 5) is 11.5. The first-order valence-electron chi connectivity index (χ1n) is 7.21. The highest BCUT2D eigenvalue weighted by atomic mass is 16.5. The smallest absolute Gasteiger partial charge is 0.309 e. The number of hydrogen-bond acceptors (Lipinski definition) is 3. The van der Waals surface area contributed by atoms with Crippen molar-refractivity contribution in [2.75, 3.05) is 7.11 Å². The third-order valence-electron chi connectivity index (χ3n) is 4.01. The number of carbonyl (C=O) groups is 1. The molecule has 110 valence electrons. The predicted octanol–water partition coefficient (Wildman–Crippen LogP) is 3.85. The molecule has 0 aromatic heterocycles. The largest absolute Gasteiger partial charge is 0.487 e. The quantitative estimate of drug-likeness (QED) is 0.784. The second-order valence-electron chi connectivity index (χ2n) is 6.67. The number of ether oxygens (including phenoxy) is 2. The Morgan fingerprint density at radius 2 is 1.80 bits per heavy atom. The Morgan fingerprint density at radius 1 is 1.20 bits per heavy atom. The van der Waals surface area contributed by atoms with E-state index in [1.54, 1.807) is 0 Å². The van der Waals surface area contributed by atoms with Gasteiger partial charge in [-0.1, -0.05) is 32.9 Å². The fraction of sp³-hybridized carbons (Fsp3) is 0.588. The maximum atomic E-state index is 11.5. The molecular weight excluding hydrogens is 252 g/mol. The van der Waals surface area contributed by atoms with Crippen LogP contribution in [0.1, 0.15) is 52.0 Å². The van der Waals surface area contributed by atoms with Crippen LogP contribution < -0.4 is 4.74 Å². The number of hydrogen-bond donors (Lipinski definition) is 0. The molecule has 1 aromatic rings. The monoisotopic (exact) mass is 276 g/mol. The van der Waals surface area contributed by atoms with Crippen LogP contribution in [0.2, 0.25) is 0 Å². The van der Waals surface area contributed by atoms with Gasteiger partial charge in [-0.25, -0.2) is 0 Å². The first-order chi connectivity index (χ1) is 9.35. The second kappa shape index (κ2) is 5.47. The van der Waals surface area contributed by atoms with Crippen molar-refractivity contribution >= 4 is 5.97 Å². The maximum absolute atomic E-state index is 11.5. The van der Waals surface area contributed by atoms with Crippen LogP contribution in [-0.2, 0) is 14.9 Å². The molecule has 1 saturated carbocycles. The van der Waals surface area contributed by atoms with Crippen molar-refractivity contribution < 1.29 is 14.3 Å². The van der Waals surface area contributed by atoms with Gasteiger partial charge in [0.2, 0.25) is 0 Å². The van der Waals surface area contributed by atoms with E-state index in [1.165, 1.54) is 12.7 Å². The summed E-state index contributed by atoms with van der Waals surface area (Å²) in [5.41, 5.74) is 1.06. The molecule has 2 rings (SSSR count). The third kappa shape index (κ3) is 3.33. The molecule has 0 atom stereocenters. The highest BCUT2D eigenvalue weighted by Gasteiger charge is 2.41. The Balaban J connectivity index is 2.07. The molecule has 20 heavy (non-hydrogen) atoms. The van der Waals surface area contributed by atoms with E-state index in [0.717, 1.165) is 25.0 Å². The van der Waals surface area contributed by atoms with E-state index < -0.39 is 0 Å². The number of esters is 1. The van der Waals surface area contributed by atoms with Crippen LogP contribution in [0.3, 0.4) is 0 Å². The van der Waals surface area contributed by atoms with Crippen LogP contribution in [0.5, 0.6) is 5.75 Å². The topological polar surface area (TPSA) is 35.5 Å². The number of benzene rings is 1. The molecule has 3 heteroatoms. The lowest BCUT2D eigenvalue weighted by Crippen LogP contribution is -2.45. The SMILES string of the molecule is COC(=O)CC1(Oc2ccc(C(C)(C)C)cc2)CCC1. The van der Waals surface area contributed by atoms with E-state index in [1.807, 2.05) is 12.1 Å². The molecular formula is C17H24O3. The minimum Gasteiger partial charge on any atom is -0.487 e. The Morgan fingerprint density at radius 3 is 2.20 bits per heavy atom. The van der Waals surface area contributed by atoms with Crippen molar-refractivity contribution in [1.29, 1.82) is 0 Å². The fourth-order valence-corrected chi connectivity index (χ4v) is 2.49. The van der Waals surface area contributed by atoms with E-state index in [0.29, 0.717) is 6.42 Å². The van der Waals surface area contributed by atoms with Crippen molar-refractivity contribution in [2.45, 2.75) is 57.5 Å². The molecule has 0 N–H and O–H groups in total. The summed E-state index contributed by atoms with van der Waals surface area (Å²) in [6, 6.07) is 8.19. The lowest BCUT2D eigenvalue weighted by Gasteiger charge is -2.41. The van der Waals surface area contributed by atoms with Gasteiger partial charge in [-0.3, -0.25) is 4.79 Å². The van der Waals surface area contributed by atoms with E-state index >= 15 is 0 Å². The van der Waals surface area contributed by atoms with Gasteiger partial charge in [0.1, 0.15) is 11.4 Å². The standard InChI is InChI=1S/C17H24O3/c1-16(2,3)13-6-8-14(9-7-13)20-17(10-5-11-17)12-15(18)19-4/h6-9H,5,10-12H2,1-4H3. The van der Waals surface area contributed by atoms with Crippen molar-refractivity contribution in [3.05, 3.63) is 29.8 Å². The van der Waals surface area contributed by atoms with Gasteiger partial charge in [-0.2, -0.15) is 0 Å². The van der Waals surface area contributed by atoms with Gasteiger partial charge in [0.25, 0.3) is 0 Å². The maximum Gasteiger partial charge on any atom is 0.309 e. The molecule has 0 radical (unpaired) electrons. The highest BCUT2D eigenvalue weighted by Crippen LogP contribution is 2.40. The van der Waals surface area contributed by atoms with Crippen molar-refractivity contribution in [1.82, 2.24) is 0 Å². The van der Waals surface area contributed by atoms with Crippen molar-refractivity contribution in [3.8, 4) is 5.75 Å². The molecule has 0 spiro atoms. The summed E-state index contributed by atoms with van der Waals surface area (Å²) in [5.74, 6) is 0.637. The average molecular weight is 276 g/mol. The molecule has 0 amide bonds. The zero-order chi connectivity index (χ0) is 14.8. The highest BCUT2D eigenvalue weighted by molar-refractivity contribution is 5.70. The average Bonchev–Trinajstić information content (AvgIpc) is 2.35. The Hall–Kier alpha value is -1.51. The summed E-state index contributed by atoms with van der Waals surface area (Å²) in [7, 11) is 1.42. The molecule has 3 nitrogen and oxygen atoms in total. The van der Waals surface area contributed by atoms with Gasteiger partial charge in [-0.15, -0.1) is 0 Å². The van der Waals surface area contributed by atoms with Gasteiger partial charge in [-0.05, 0) is 42.4 Å². The number of rotatable bonds is 4. The Bertz CT molecular complexity index is 464. The first-order valence-corrected chi connectivity index (χ1v) is 7.21. The molecule has 0 saturated heterocycles. The predicted molar refractivity (Wildman–Crippen MR) is 79.0 cm³/mol.